The van der Waals surface area contributed by atoms with Crippen LogP contribution in [0.1, 0.15) is 18.7 Å². The van der Waals surface area contributed by atoms with Gasteiger partial charge in [0.25, 0.3) is 6.35 Å². The van der Waals surface area contributed by atoms with Gasteiger partial charge in [0.15, 0.2) is 5.82 Å². The second-order valence-corrected chi connectivity index (χ2v) is 8.14. The van der Waals surface area contributed by atoms with E-state index in [4.69, 9.17) is 9.26 Å². The lowest BCUT2D eigenvalue weighted by Crippen LogP contribution is -2.57. The Kier molecular flexibility index (Phi) is 4.61. The van der Waals surface area contributed by atoms with Crippen LogP contribution in [0, 0.1) is 18.8 Å². The maximum absolute atomic E-state index is 13.6. The number of nitrogens with zero attached hydrogens (tertiary/aromatic N) is 5. The summed E-state index contributed by atoms with van der Waals surface area (Å²) in [7, 11) is 1.66. The third-order valence-electron chi connectivity index (χ3n) is 6.04. The van der Waals surface area contributed by atoms with Crippen molar-refractivity contribution in [2.24, 2.45) is 16.8 Å². The molecule has 6 rings (SSSR count). The molecule has 4 heterocycles. The Morgan fingerprint density at radius 2 is 2.13 bits per heavy atom. The van der Waals surface area contributed by atoms with E-state index in [0.717, 1.165) is 19.0 Å². The first-order valence-electron chi connectivity index (χ1n) is 9.89. The summed E-state index contributed by atoms with van der Waals surface area (Å²) in [6.45, 7) is 2.55. The van der Waals surface area contributed by atoms with Crippen LogP contribution in [0.3, 0.4) is 0 Å². The summed E-state index contributed by atoms with van der Waals surface area (Å²) < 4.78 is 63.4. The molecule has 0 aromatic carbocycles. The Balaban J connectivity index is 1.21. The summed E-state index contributed by atoms with van der Waals surface area (Å²) in [6, 6.07) is 0.796. The number of nitrogens with one attached hydrogen (secondary N) is 2. The van der Waals surface area contributed by atoms with Crippen molar-refractivity contribution < 1.29 is 26.8 Å². The zero-order valence-electron chi connectivity index (χ0n) is 16.7. The number of rotatable bonds is 4. The van der Waals surface area contributed by atoms with Gasteiger partial charge in [0.1, 0.15) is 17.5 Å². The molecule has 1 aromatic heterocycles. The Morgan fingerprint density at radius 3 is 2.84 bits per heavy atom. The first kappa shape index (κ1) is 20.1. The van der Waals surface area contributed by atoms with Crippen LogP contribution < -0.4 is 15.6 Å². The van der Waals surface area contributed by atoms with Gasteiger partial charge in [-0.25, -0.2) is 4.39 Å². The molecule has 9 nitrogen and oxygen atoms in total. The standard InChI is InChI=1S/C18H21F4N7O2/c1-8-23-17(31-27-8)29-7-9-5-13(29)14(9)24-15-25-16(28(2)26-15)30-10-3-4-12(19)11(6-10)18(20,21)22/h3-4,9,11,13-14,16H,5-7H2,1-2H3,(H2,24,25,26). The summed E-state index contributed by atoms with van der Waals surface area (Å²) >= 11 is 0. The van der Waals surface area contributed by atoms with Crippen molar-refractivity contribution in [1.29, 1.82) is 0 Å². The van der Waals surface area contributed by atoms with E-state index in [1.807, 2.05) is 0 Å². The highest BCUT2D eigenvalue weighted by atomic mass is 19.4. The summed E-state index contributed by atoms with van der Waals surface area (Å²) in [4.78, 5) is 10.7. The Bertz CT molecular complexity index is 959. The molecular formula is C18H21F4N7O2. The van der Waals surface area contributed by atoms with Crippen LogP contribution in [0.5, 0.6) is 0 Å². The zero-order valence-corrected chi connectivity index (χ0v) is 16.7. The number of hydrogen-bond donors (Lipinski definition) is 2. The molecule has 168 valence electrons. The number of aromatic nitrogens is 2. The van der Waals surface area contributed by atoms with Crippen molar-refractivity contribution in [3.8, 4) is 0 Å². The van der Waals surface area contributed by atoms with Crippen LogP contribution in [-0.2, 0) is 4.74 Å². The fourth-order valence-electron chi connectivity index (χ4n) is 4.39. The van der Waals surface area contributed by atoms with Crippen LogP contribution in [0.25, 0.3) is 0 Å². The zero-order chi connectivity index (χ0) is 21.9. The van der Waals surface area contributed by atoms with Gasteiger partial charge in [-0.05, 0) is 25.5 Å². The van der Waals surface area contributed by atoms with Gasteiger partial charge in [-0.15, -0.1) is 0 Å². The number of allylic oxidation sites excluding steroid dienone is 4. The van der Waals surface area contributed by atoms with Gasteiger partial charge in [0.05, 0.1) is 12.1 Å². The smallest absolute Gasteiger partial charge is 0.398 e. The number of hydrazine groups is 1. The minimum atomic E-state index is -4.68. The molecule has 2 saturated heterocycles. The van der Waals surface area contributed by atoms with E-state index in [-0.39, 0.29) is 17.8 Å². The molecule has 2 bridgehead atoms. The number of aliphatic imine (C=N–C) groups is 1. The highest BCUT2D eigenvalue weighted by Gasteiger charge is 2.54. The maximum Gasteiger partial charge on any atom is 0.398 e. The van der Waals surface area contributed by atoms with Gasteiger partial charge >= 0.3 is 12.2 Å². The molecular weight excluding hydrogens is 422 g/mol. The third kappa shape index (κ3) is 3.60. The van der Waals surface area contributed by atoms with Crippen molar-refractivity contribution in [3.05, 3.63) is 29.6 Å². The van der Waals surface area contributed by atoms with E-state index in [9.17, 15) is 17.6 Å². The van der Waals surface area contributed by atoms with E-state index < -0.39 is 30.7 Å². The number of aryl methyl sites for hydroxylation is 1. The fraction of sp³-hybridized carbons (Fsp3) is 0.611. The van der Waals surface area contributed by atoms with E-state index in [1.54, 1.807) is 14.0 Å². The average Bonchev–Trinajstić information content (AvgIpc) is 3.44. The Hall–Kier alpha value is -2.83. The molecule has 3 aliphatic heterocycles. The first-order chi connectivity index (χ1) is 14.7. The van der Waals surface area contributed by atoms with Crippen LogP contribution in [0.2, 0.25) is 0 Å². The van der Waals surface area contributed by atoms with E-state index in [0.29, 0.717) is 23.7 Å². The highest BCUT2D eigenvalue weighted by molar-refractivity contribution is 5.81. The number of anilines is 1. The SMILES string of the molecule is Cc1noc(N2CC3CC2C3NC2=NC(OC3=CC=C(F)C(C(F)(F)F)C3)N(C)N2)n1. The Morgan fingerprint density at radius 1 is 1.32 bits per heavy atom. The van der Waals surface area contributed by atoms with Crippen molar-refractivity contribution >= 4 is 12.0 Å². The third-order valence-corrected chi connectivity index (χ3v) is 6.04. The number of guanidine groups is 1. The van der Waals surface area contributed by atoms with Gasteiger partial charge in [0, 0.05) is 25.9 Å². The van der Waals surface area contributed by atoms with Crippen molar-refractivity contribution in [3.63, 3.8) is 0 Å². The summed E-state index contributed by atoms with van der Waals surface area (Å²) in [5, 5.41) is 8.70. The molecule has 3 fully saturated rings. The molecule has 2 aliphatic carbocycles. The molecule has 5 aliphatic rings. The summed E-state index contributed by atoms with van der Waals surface area (Å²) in [5.74, 6) is -1.97. The topological polar surface area (TPSA) is 91.0 Å². The van der Waals surface area contributed by atoms with Crippen LogP contribution >= 0.6 is 0 Å². The van der Waals surface area contributed by atoms with Gasteiger partial charge in [-0.2, -0.15) is 28.2 Å². The van der Waals surface area contributed by atoms with Crippen molar-refractivity contribution in [1.82, 2.24) is 25.9 Å². The summed E-state index contributed by atoms with van der Waals surface area (Å²) in [5.41, 5.74) is 3.01. The monoisotopic (exact) mass is 443 g/mol. The first-order valence-corrected chi connectivity index (χ1v) is 9.89. The molecule has 2 N–H and O–H groups in total. The van der Waals surface area contributed by atoms with Crippen LogP contribution in [0.15, 0.2) is 33.3 Å². The van der Waals surface area contributed by atoms with Crippen LogP contribution in [0.4, 0.5) is 23.6 Å². The van der Waals surface area contributed by atoms with Crippen molar-refractivity contribution in [2.75, 3.05) is 18.5 Å². The average molecular weight is 443 g/mol. The van der Waals surface area contributed by atoms with Crippen LogP contribution in [-0.4, -0.2) is 59.3 Å². The lowest BCUT2D eigenvalue weighted by atomic mass is 9.80. The molecule has 31 heavy (non-hydrogen) atoms. The van der Waals surface area contributed by atoms with Gasteiger partial charge in [-0.1, -0.05) is 5.16 Å². The number of hydrogen-bond acceptors (Lipinski definition) is 9. The van der Waals surface area contributed by atoms with Gasteiger partial charge < -0.3 is 19.5 Å². The molecule has 1 aromatic rings. The quantitative estimate of drug-likeness (QED) is 0.683. The largest absolute Gasteiger partial charge is 0.458 e. The lowest BCUT2D eigenvalue weighted by Gasteiger charge is -2.36. The number of alkyl halides is 3. The predicted octanol–water partition coefficient (Wildman–Crippen LogP) is 1.97. The lowest BCUT2D eigenvalue weighted by molar-refractivity contribution is -0.171. The molecule has 5 unspecified atom stereocenters. The minimum absolute atomic E-state index is 0.0222. The number of halogens is 4. The molecule has 1 saturated carbocycles. The molecule has 0 amide bonds. The number of ether oxygens (including phenoxy) is 1. The normalized spacial score (nSPS) is 32.8. The minimum Gasteiger partial charge on any atom is -0.458 e. The fourth-order valence-corrected chi connectivity index (χ4v) is 4.39. The molecule has 5 atom stereocenters. The maximum atomic E-state index is 13.6. The molecule has 0 spiro atoms. The van der Waals surface area contributed by atoms with Crippen molar-refractivity contribution in [2.45, 2.75) is 44.4 Å². The van der Waals surface area contributed by atoms with E-state index in [1.165, 1.54) is 11.1 Å². The van der Waals surface area contributed by atoms with Gasteiger partial charge in [0.2, 0.25) is 5.96 Å². The Labute approximate surface area is 174 Å². The molecule has 13 heteroatoms. The molecule has 0 radical (unpaired) electrons. The summed E-state index contributed by atoms with van der Waals surface area (Å²) in [6.07, 6.45) is -3.15. The van der Waals surface area contributed by atoms with E-state index >= 15 is 0 Å². The number of fused-ring (bicyclic) bond motifs is 1. The van der Waals surface area contributed by atoms with Gasteiger partial charge in [-0.3, -0.25) is 5.43 Å². The predicted molar refractivity (Wildman–Crippen MR) is 99.8 cm³/mol. The second kappa shape index (κ2) is 7.11. The highest BCUT2D eigenvalue weighted by Crippen LogP contribution is 2.43. The second-order valence-electron chi connectivity index (χ2n) is 8.14. The van der Waals surface area contributed by atoms with E-state index in [2.05, 4.69) is 30.8 Å².